The molecule has 0 aliphatic carbocycles. The first kappa shape index (κ1) is 29.8. The van der Waals surface area contributed by atoms with Crippen LogP contribution in [0.2, 0.25) is 0 Å². The van der Waals surface area contributed by atoms with Gasteiger partial charge in [-0.2, -0.15) is 0 Å². The quantitative estimate of drug-likeness (QED) is 0.459. The minimum absolute atomic E-state index is 0. The Morgan fingerprint density at radius 3 is 0.800 bits per heavy atom. The first-order chi connectivity index (χ1) is 0. The average molecular weight is 310 g/mol. The minimum atomic E-state index is 0. The van der Waals surface area contributed by atoms with Crippen LogP contribution in [-0.2, 0) is 0 Å². The van der Waals surface area contributed by atoms with E-state index < -0.39 is 0 Å². The normalized spacial score (nSPS) is 0. The van der Waals surface area contributed by atoms with Crippen molar-refractivity contribution in [2.75, 3.05) is 0 Å². The van der Waals surface area contributed by atoms with Gasteiger partial charge >= 0.3 is 0 Å². The van der Waals surface area contributed by atoms with Gasteiger partial charge in [0.05, 0.1) is 0 Å². The molecule has 0 atom stereocenters. The summed E-state index contributed by atoms with van der Waals surface area (Å²) in [5.74, 6) is 0. The third kappa shape index (κ3) is 18.0. The maximum Gasteiger partial charge on any atom is 0 e. The summed E-state index contributed by atoms with van der Waals surface area (Å²) in [4.78, 5) is 0. The van der Waals surface area contributed by atoms with E-state index in [1.54, 1.807) is 0 Å². The van der Waals surface area contributed by atoms with E-state index in [1.807, 2.05) is 0 Å². The molecule has 0 saturated heterocycles. The fraction of sp³-hybridized carbons (Fsp3) is 0. The van der Waals surface area contributed by atoms with Crippen LogP contribution in [-0.4, -0.2) is 205 Å². The molecule has 0 nitrogen and oxygen atoms in total. The molecule has 0 unspecified atom stereocenters. The number of hydrogen-bond acceptors (Lipinski definition) is 0. The molecule has 5 heteroatoms. The Balaban J connectivity index is 0. The molecule has 0 aromatic carbocycles. The van der Waals surface area contributed by atoms with Crippen molar-refractivity contribution in [3.63, 3.8) is 0 Å². The van der Waals surface area contributed by atoms with Gasteiger partial charge in [-0.15, -0.1) is 0 Å². The Kier molecular flexibility index (Phi) is 134. The second kappa shape index (κ2) is 22.4. The van der Waals surface area contributed by atoms with E-state index in [4.69, 9.17) is 0 Å². The largest absolute Gasteiger partial charge is 0 e. The molecule has 0 bridgehead atoms. The Morgan fingerprint density at radius 2 is 0.800 bits per heavy atom. The smallest absolute Gasteiger partial charge is 0 e. The fourth-order valence-electron chi connectivity index (χ4n) is 0. The van der Waals surface area contributed by atoms with Gasteiger partial charge in [0.2, 0.25) is 0 Å². The zero-order valence-corrected chi connectivity index (χ0v) is 19.5. The van der Waals surface area contributed by atoms with E-state index in [0.29, 0.717) is 0 Å². The molecule has 0 rings (SSSR count). The Labute approximate surface area is 197 Å². The van der Waals surface area contributed by atoms with Gasteiger partial charge in [0.25, 0.3) is 0 Å². The Hall–Kier alpha value is 6.69. The van der Waals surface area contributed by atoms with Crippen LogP contribution < -0.4 is 0 Å². The molecular weight excluding hydrogens is 310 g/mol. The first-order valence-electron chi connectivity index (χ1n) is 0. The summed E-state index contributed by atoms with van der Waals surface area (Å²) in [6.45, 7) is 0. The first-order valence-corrected chi connectivity index (χ1v) is 0. The van der Waals surface area contributed by atoms with Crippen LogP contribution in [0, 0.1) is 0 Å². The van der Waals surface area contributed by atoms with Gasteiger partial charge in [0.1, 0.15) is 0 Å². The summed E-state index contributed by atoms with van der Waals surface area (Å²) >= 11 is 0. The van der Waals surface area contributed by atoms with Crippen molar-refractivity contribution in [1.29, 1.82) is 0 Å². The maximum atomic E-state index is 0. The van der Waals surface area contributed by atoms with Gasteiger partial charge in [-0.3, -0.25) is 0 Å². The van der Waals surface area contributed by atoms with Gasteiger partial charge in [-0.25, -0.2) is 0 Å². The van der Waals surface area contributed by atoms with E-state index in [9.17, 15) is 0 Å². The number of hydrogen-bond donors (Lipinski definition) is 0. The van der Waals surface area contributed by atoms with Gasteiger partial charge < -0.3 is 0 Å². The van der Waals surface area contributed by atoms with E-state index in [1.165, 1.54) is 0 Å². The molecule has 0 saturated carbocycles. The summed E-state index contributed by atoms with van der Waals surface area (Å²) in [6.07, 6.45) is 0. The van der Waals surface area contributed by atoms with Gasteiger partial charge in [0.15, 0.2) is 0 Å². The van der Waals surface area contributed by atoms with Gasteiger partial charge in [0, 0.05) is 205 Å². The summed E-state index contributed by atoms with van der Waals surface area (Å²) in [5, 5.41) is 0. The molecule has 0 aliphatic heterocycles. The average Bonchev–Trinajstić information content (AvgIpc) is 0. The van der Waals surface area contributed by atoms with Crippen LogP contribution >= 0.6 is 0 Å². The third-order valence-electron chi connectivity index (χ3n) is 0. The predicted octanol–water partition coefficient (Wildman–Crippen LogP) is -1.90. The number of rotatable bonds is 0. The molecule has 0 aromatic rings. The molecule has 0 fully saturated rings. The molecular formula is BaKNa2Sr. The SMILES string of the molecule is [Ba].[K].[Na].[Na].[Sr]. The molecule has 5 heavy (non-hydrogen) atoms. The van der Waals surface area contributed by atoms with Gasteiger partial charge in [-0.05, 0) is 0 Å². The van der Waals surface area contributed by atoms with E-state index in [0.717, 1.165) is 0 Å². The molecule has 0 aromatic heterocycles. The molecule has 0 amide bonds. The molecule has 7 radical (unpaired) electrons. The van der Waals surface area contributed by atoms with Crippen LogP contribution in [0.1, 0.15) is 0 Å². The van der Waals surface area contributed by atoms with Crippen LogP contribution in [0.4, 0.5) is 0 Å². The summed E-state index contributed by atoms with van der Waals surface area (Å²) in [5.41, 5.74) is 0. The topological polar surface area (TPSA) is 0 Å². The standard InChI is InChI=1S/Ba.K.2Na.Sr. The van der Waals surface area contributed by atoms with Crippen molar-refractivity contribution in [3.8, 4) is 0 Å². The molecule has 0 heterocycles. The zero-order valence-electron chi connectivity index (χ0n) is 4.41. The molecule has 0 spiro atoms. The third-order valence-corrected chi connectivity index (χ3v) is 0. The van der Waals surface area contributed by atoms with Crippen LogP contribution in [0.15, 0.2) is 0 Å². The minimum Gasteiger partial charge on any atom is 0 e. The van der Waals surface area contributed by atoms with Crippen molar-refractivity contribution < 1.29 is 0 Å². The predicted molar refractivity (Wildman–Crippen MR) is 28.8 cm³/mol. The second-order valence-corrected chi connectivity index (χ2v) is 0. The second-order valence-electron chi connectivity index (χ2n) is 0. The van der Waals surface area contributed by atoms with Crippen LogP contribution in [0.25, 0.3) is 0 Å². The van der Waals surface area contributed by atoms with Crippen LogP contribution in [0.3, 0.4) is 0 Å². The fourth-order valence-corrected chi connectivity index (χ4v) is 0. The summed E-state index contributed by atoms with van der Waals surface area (Å²) < 4.78 is 0. The maximum absolute atomic E-state index is 0. The van der Waals surface area contributed by atoms with Crippen molar-refractivity contribution in [1.82, 2.24) is 0 Å². The molecule has 7 valence electrons. The van der Waals surface area contributed by atoms with E-state index in [-0.39, 0.29) is 205 Å². The van der Waals surface area contributed by atoms with Crippen molar-refractivity contribution in [2.24, 2.45) is 0 Å². The van der Waals surface area contributed by atoms with E-state index in [2.05, 4.69) is 0 Å². The summed E-state index contributed by atoms with van der Waals surface area (Å²) in [6, 6.07) is 0. The van der Waals surface area contributed by atoms with Crippen molar-refractivity contribution in [3.05, 3.63) is 0 Å². The van der Waals surface area contributed by atoms with E-state index >= 15 is 0 Å². The Morgan fingerprint density at radius 1 is 0.800 bits per heavy atom. The zero-order chi connectivity index (χ0) is 0. The molecule has 0 aliphatic rings. The summed E-state index contributed by atoms with van der Waals surface area (Å²) in [7, 11) is 0. The van der Waals surface area contributed by atoms with Crippen molar-refractivity contribution in [2.45, 2.75) is 0 Å². The Bertz CT molecular complexity index is 9.61. The van der Waals surface area contributed by atoms with Crippen molar-refractivity contribution >= 4 is 205 Å². The molecule has 0 N–H and O–H groups in total. The monoisotopic (exact) mass is 311 g/mol. The van der Waals surface area contributed by atoms with Crippen LogP contribution in [0.5, 0.6) is 0 Å². The van der Waals surface area contributed by atoms with Gasteiger partial charge in [-0.1, -0.05) is 0 Å².